The smallest absolute Gasteiger partial charge is 0.315 e. The van der Waals surface area contributed by atoms with Crippen LogP contribution in [0.25, 0.3) is 0 Å². The molecule has 0 unspecified atom stereocenters. The molecule has 0 spiro atoms. The van der Waals surface area contributed by atoms with Crippen LogP contribution in [0, 0.1) is 5.92 Å². The van der Waals surface area contributed by atoms with Crippen molar-refractivity contribution in [2.24, 2.45) is 5.92 Å². The second kappa shape index (κ2) is 9.61. The lowest BCUT2D eigenvalue weighted by molar-refractivity contribution is -0.137. The number of carbonyl (C=O) groups excluding carboxylic acids is 1. The maximum Gasteiger partial charge on any atom is 0.315 e. The molecule has 1 aliphatic carbocycles. The molecule has 0 aliphatic heterocycles. The molecule has 0 radical (unpaired) electrons. The highest BCUT2D eigenvalue weighted by Gasteiger charge is 2.20. The third-order valence-corrected chi connectivity index (χ3v) is 4.11. The molecule has 5 heteroatoms. The van der Waals surface area contributed by atoms with Crippen LogP contribution in [0.3, 0.4) is 0 Å². The average Bonchev–Trinajstić information content (AvgIpc) is 2.43. The molecule has 0 bridgehead atoms. The van der Waals surface area contributed by atoms with Crippen LogP contribution in [0.1, 0.15) is 64.7 Å². The number of carboxylic acids is 1. The molecule has 1 fully saturated rings. The van der Waals surface area contributed by atoms with Crippen molar-refractivity contribution in [2.75, 3.05) is 6.54 Å². The molecule has 116 valence electrons. The van der Waals surface area contributed by atoms with E-state index in [2.05, 4.69) is 17.6 Å². The summed E-state index contributed by atoms with van der Waals surface area (Å²) in [5, 5.41) is 14.4. The average molecular weight is 284 g/mol. The van der Waals surface area contributed by atoms with E-state index in [-0.39, 0.29) is 12.5 Å². The maximum absolute atomic E-state index is 11.7. The van der Waals surface area contributed by atoms with Gasteiger partial charge in [-0.3, -0.25) is 4.79 Å². The summed E-state index contributed by atoms with van der Waals surface area (Å²) in [4.78, 5) is 22.0. The summed E-state index contributed by atoms with van der Waals surface area (Å²) in [5.41, 5.74) is 0. The third-order valence-electron chi connectivity index (χ3n) is 4.11. The van der Waals surface area contributed by atoms with E-state index < -0.39 is 5.97 Å². The molecule has 0 saturated heterocycles. The number of unbranched alkanes of at least 4 members (excludes halogenated alkanes) is 2. The summed E-state index contributed by atoms with van der Waals surface area (Å²) >= 11 is 0. The van der Waals surface area contributed by atoms with E-state index in [1.54, 1.807) is 0 Å². The molecule has 0 aromatic carbocycles. The van der Waals surface area contributed by atoms with Crippen LogP contribution in [-0.2, 0) is 4.79 Å². The minimum atomic E-state index is -0.751. The summed E-state index contributed by atoms with van der Waals surface area (Å²) in [6.45, 7) is 2.85. The number of rotatable bonds is 8. The minimum absolute atomic E-state index is 0.0804. The van der Waals surface area contributed by atoms with Gasteiger partial charge in [0.05, 0.1) is 0 Å². The zero-order valence-corrected chi connectivity index (χ0v) is 12.5. The van der Waals surface area contributed by atoms with Crippen molar-refractivity contribution in [2.45, 2.75) is 70.8 Å². The van der Waals surface area contributed by atoms with Crippen LogP contribution in [0.4, 0.5) is 4.79 Å². The zero-order chi connectivity index (χ0) is 14.8. The van der Waals surface area contributed by atoms with Gasteiger partial charge in [0.2, 0.25) is 0 Å². The van der Waals surface area contributed by atoms with Crippen molar-refractivity contribution in [1.82, 2.24) is 10.6 Å². The van der Waals surface area contributed by atoms with Crippen LogP contribution in [0.15, 0.2) is 0 Å². The molecule has 1 aliphatic rings. The van der Waals surface area contributed by atoms with E-state index in [0.717, 1.165) is 31.6 Å². The summed E-state index contributed by atoms with van der Waals surface area (Å²) in [7, 11) is 0. The number of carbonyl (C=O) groups is 2. The first kappa shape index (κ1) is 16.8. The van der Waals surface area contributed by atoms with Gasteiger partial charge in [0, 0.05) is 19.0 Å². The number of urea groups is 1. The van der Waals surface area contributed by atoms with Crippen molar-refractivity contribution >= 4 is 12.0 Å². The largest absolute Gasteiger partial charge is 0.481 e. The molecule has 2 amide bonds. The molecule has 20 heavy (non-hydrogen) atoms. The van der Waals surface area contributed by atoms with Crippen LogP contribution in [0.2, 0.25) is 0 Å². The van der Waals surface area contributed by atoms with Gasteiger partial charge in [-0.25, -0.2) is 4.79 Å². The lowest BCUT2D eigenvalue weighted by Gasteiger charge is -2.28. The Bertz CT molecular complexity index is 299. The second-order valence-corrected chi connectivity index (χ2v) is 5.73. The summed E-state index contributed by atoms with van der Waals surface area (Å²) < 4.78 is 0. The lowest BCUT2D eigenvalue weighted by Crippen LogP contribution is -2.43. The van der Waals surface area contributed by atoms with Crippen LogP contribution < -0.4 is 10.6 Å². The van der Waals surface area contributed by atoms with Gasteiger partial charge in [-0.1, -0.05) is 19.8 Å². The highest BCUT2D eigenvalue weighted by Crippen LogP contribution is 2.26. The fraction of sp³-hybridized carbons (Fsp3) is 0.867. The molecule has 0 aromatic heterocycles. The molecule has 5 nitrogen and oxygen atoms in total. The number of hydrogen-bond acceptors (Lipinski definition) is 2. The number of nitrogens with one attached hydrogen (secondary N) is 2. The van der Waals surface area contributed by atoms with Crippen molar-refractivity contribution in [1.29, 1.82) is 0 Å². The van der Waals surface area contributed by atoms with Gasteiger partial charge in [0.1, 0.15) is 0 Å². The normalized spacial score (nSPS) is 22.2. The Labute approximate surface area is 121 Å². The van der Waals surface area contributed by atoms with E-state index in [1.807, 2.05) is 0 Å². The fourth-order valence-electron chi connectivity index (χ4n) is 2.73. The Morgan fingerprint density at radius 1 is 1.10 bits per heavy atom. The summed E-state index contributed by atoms with van der Waals surface area (Å²) in [5.74, 6) is 0.0868. The zero-order valence-electron chi connectivity index (χ0n) is 12.5. The van der Waals surface area contributed by atoms with E-state index in [1.165, 1.54) is 19.3 Å². The first-order chi connectivity index (χ1) is 9.61. The van der Waals surface area contributed by atoms with Crippen molar-refractivity contribution in [3.8, 4) is 0 Å². The Balaban J connectivity index is 1.99. The second-order valence-electron chi connectivity index (χ2n) is 5.73. The van der Waals surface area contributed by atoms with Gasteiger partial charge in [-0.2, -0.15) is 0 Å². The SMILES string of the molecule is CCC1CCC(NC(=O)NCCCCCC(=O)O)CC1. The maximum atomic E-state index is 11.7. The quantitative estimate of drug-likeness (QED) is 0.600. The first-order valence-electron chi connectivity index (χ1n) is 7.88. The Kier molecular flexibility index (Phi) is 8.07. The predicted molar refractivity (Wildman–Crippen MR) is 78.7 cm³/mol. The monoisotopic (exact) mass is 284 g/mol. The summed E-state index contributed by atoms with van der Waals surface area (Å²) in [6.07, 6.45) is 8.43. The Morgan fingerprint density at radius 3 is 2.40 bits per heavy atom. The predicted octanol–water partition coefficient (Wildman–Crippen LogP) is 2.90. The number of carboxylic acid groups (broad SMARTS) is 1. The van der Waals surface area contributed by atoms with Crippen molar-refractivity contribution in [3.63, 3.8) is 0 Å². The molecule has 1 saturated carbocycles. The van der Waals surface area contributed by atoms with Gasteiger partial charge < -0.3 is 15.7 Å². The molecule has 3 N–H and O–H groups in total. The van der Waals surface area contributed by atoms with Gasteiger partial charge in [0.15, 0.2) is 0 Å². The van der Waals surface area contributed by atoms with Crippen molar-refractivity contribution < 1.29 is 14.7 Å². The van der Waals surface area contributed by atoms with Crippen molar-refractivity contribution in [3.05, 3.63) is 0 Å². The van der Waals surface area contributed by atoms with E-state index >= 15 is 0 Å². The molecule has 0 heterocycles. The minimum Gasteiger partial charge on any atom is -0.481 e. The number of hydrogen-bond donors (Lipinski definition) is 3. The fourth-order valence-corrected chi connectivity index (χ4v) is 2.73. The van der Waals surface area contributed by atoms with Crippen LogP contribution >= 0.6 is 0 Å². The summed E-state index contributed by atoms with van der Waals surface area (Å²) in [6, 6.07) is 0.244. The molecule has 0 aromatic rings. The molecular weight excluding hydrogens is 256 g/mol. The lowest BCUT2D eigenvalue weighted by atomic mass is 9.85. The van der Waals surface area contributed by atoms with Gasteiger partial charge in [-0.05, 0) is 44.4 Å². The van der Waals surface area contributed by atoms with Crippen LogP contribution in [-0.4, -0.2) is 29.7 Å². The van der Waals surface area contributed by atoms with E-state index in [9.17, 15) is 9.59 Å². The standard InChI is InChI=1S/C15H28N2O3/c1-2-12-7-9-13(10-8-12)17-15(20)16-11-5-3-4-6-14(18)19/h12-13H,2-11H2,1H3,(H,18,19)(H2,16,17,20). The first-order valence-corrected chi connectivity index (χ1v) is 7.88. The number of aliphatic carboxylic acids is 1. The van der Waals surface area contributed by atoms with Gasteiger partial charge >= 0.3 is 12.0 Å². The highest BCUT2D eigenvalue weighted by atomic mass is 16.4. The number of amides is 2. The molecule has 1 rings (SSSR count). The van der Waals surface area contributed by atoms with E-state index in [4.69, 9.17) is 5.11 Å². The Hall–Kier alpha value is -1.26. The topological polar surface area (TPSA) is 78.4 Å². The van der Waals surface area contributed by atoms with Gasteiger partial charge in [-0.15, -0.1) is 0 Å². The van der Waals surface area contributed by atoms with Gasteiger partial charge in [0.25, 0.3) is 0 Å². The highest BCUT2D eigenvalue weighted by molar-refractivity contribution is 5.74. The van der Waals surface area contributed by atoms with E-state index in [0.29, 0.717) is 19.0 Å². The Morgan fingerprint density at radius 2 is 1.80 bits per heavy atom. The molecular formula is C15H28N2O3. The van der Waals surface area contributed by atoms with Crippen LogP contribution in [0.5, 0.6) is 0 Å². The molecule has 0 atom stereocenters. The third kappa shape index (κ3) is 7.36.